The third kappa shape index (κ3) is 3.41. The molecule has 1 N–H and O–H groups in total. The first-order chi connectivity index (χ1) is 13.5. The van der Waals surface area contributed by atoms with E-state index in [9.17, 15) is 9.59 Å². The maximum atomic E-state index is 12.9. The Balaban J connectivity index is 1.68. The monoisotopic (exact) mass is 393 g/mol. The van der Waals surface area contributed by atoms with E-state index in [4.69, 9.17) is 8.83 Å². The van der Waals surface area contributed by atoms with E-state index < -0.39 is 5.63 Å². The quantitative estimate of drug-likeness (QED) is 0.316. The molecule has 8 heteroatoms. The number of fused-ring (bicyclic) bond motifs is 1. The summed E-state index contributed by atoms with van der Waals surface area (Å²) < 4.78 is 10.5. The van der Waals surface area contributed by atoms with Gasteiger partial charge in [0.2, 0.25) is 0 Å². The van der Waals surface area contributed by atoms with Crippen molar-refractivity contribution >= 4 is 34.3 Å². The molecular weight excluding hydrogens is 378 g/mol. The number of anilines is 1. The SMILES string of the molecule is CSc1nc(-c2ccco2)nc(C)c1C(=O)Nc1ccc2oc(=O)ccc2c1. The largest absolute Gasteiger partial charge is 0.461 e. The van der Waals surface area contributed by atoms with Crippen molar-refractivity contribution in [1.82, 2.24) is 9.97 Å². The second kappa shape index (κ2) is 7.32. The minimum absolute atomic E-state index is 0.315. The molecule has 0 aliphatic carbocycles. The fourth-order valence-corrected chi connectivity index (χ4v) is 3.44. The normalized spacial score (nSPS) is 10.9. The summed E-state index contributed by atoms with van der Waals surface area (Å²) in [7, 11) is 0. The van der Waals surface area contributed by atoms with Crippen molar-refractivity contribution < 1.29 is 13.6 Å². The highest BCUT2D eigenvalue weighted by molar-refractivity contribution is 7.98. The van der Waals surface area contributed by atoms with Crippen molar-refractivity contribution in [3.63, 3.8) is 0 Å². The topological polar surface area (TPSA) is 98.2 Å². The van der Waals surface area contributed by atoms with Crippen LogP contribution in [0.4, 0.5) is 5.69 Å². The molecule has 0 aliphatic heterocycles. The maximum absolute atomic E-state index is 12.9. The minimum atomic E-state index is -0.418. The van der Waals surface area contributed by atoms with E-state index in [2.05, 4.69) is 15.3 Å². The van der Waals surface area contributed by atoms with Gasteiger partial charge in [0.1, 0.15) is 10.6 Å². The molecule has 28 heavy (non-hydrogen) atoms. The molecule has 0 saturated carbocycles. The molecule has 0 unspecified atom stereocenters. The predicted molar refractivity (Wildman–Crippen MR) is 107 cm³/mol. The zero-order valence-corrected chi connectivity index (χ0v) is 15.9. The Kier molecular flexibility index (Phi) is 4.70. The van der Waals surface area contributed by atoms with Crippen LogP contribution in [-0.2, 0) is 0 Å². The van der Waals surface area contributed by atoms with Gasteiger partial charge in [-0.25, -0.2) is 14.8 Å². The average Bonchev–Trinajstić information content (AvgIpc) is 3.22. The lowest BCUT2D eigenvalue weighted by atomic mass is 10.2. The number of nitrogens with zero attached hydrogens (tertiary/aromatic N) is 2. The summed E-state index contributed by atoms with van der Waals surface area (Å²) in [6.07, 6.45) is 3.40. The number of rotatable bonds is 4. The first-order valence-corrected chi connectivity index (χ1v) is 9.59. The van der Waals surface area contributed by atoms with Gasteiger partial charge in [0.25, 0.3) is 5.91 Å². The Hall–Kier alpha value is -3.39. The Morgan fingerprint density at radius 3 is 2.75 bits per heavy atom. The summed E-state index contributed by atoms with van der Waals surface area (Å²) >= 11 is 1.36. The van der Waals surface area contributed by atoms with Crippen molar-refractivity contribution in [2.45, 2.75) is 11.9 Å². The number of aromatic nitrogens is 2. The number of thioether (sulfide) groups is 1. The number of furan rings is 1. The molecule has 4 aromatic rings. The third-order valence-electron chi connectivity index (χ3n) is 4.10. The van der Waals surface area contributed by atoms with Gasteiger partial charge in [-0.05, 0) is 49.6 Å². The highest BCUT2D eigenvalue weighted by Crippen LogP contribution is 2.26. The molecule has 1 aromatic carbocycles. The van der Waals surface area contributed by atoms with Crippen molar-refractivity contribution in [1.29, 1.82) is 0 Å². The number of aryl methyl sites for hydroxylation is 1. The summed E-state index contributed by atoms with van der Waals surface area (Å²) in [4.78, 5) is 33.1. The summed E-state index contributed by atoms with van der Waals surface area (Å²) in [5, 5.41) is 4.13. The fourth-order valence-electron chi connectivity index (χ4n) is 2.81. The molecule has 0 atom stereocenters. The van der Waals surface area contributed by atoms with Gasteiger partial charge in [-0.2, -0.15) is 0 Å². The fraction of sp³-hybridized carbons (Fsp3) is 0.100. The molecule has 0 spiro atoms. The van der Waals surface area contributed by atoms with Gasteiger partial charge in [-0.1, -0.05) is 0 Å². The van der Waals surface area contributed by atoms with Crippen LogP contribution in [0.3, 0.4) is 0 Å². The lowest BCUT2D eigenvalue weighted by molar-refractivity contribution is 0.102. The van der Waals surface area contributed by atoms with Crippen molar-refractivity contribution in [2.75, 3.05) is 11.6 Å². The van der Waals surface area contributed by atoms with Gasteiger partial charge in [0, 0.05) is 17.1 Å². The lowest BCUT2D eigenvalue weighted by Gasteiger charge is -2.12. The Bertz CT molecular complexity index is 1230. The average molecular weight is 393 g/mol. The van der Waals surface area contributed by atoms with Gasteiger partial charge in [0.05, 0.1) is 17.5 Å². The maximum Gasteiger partial charge on any atom is 0.336 e. The minimum Gasteiger partial charge on any atom is -0.461 e. The van der Waals surface area contributed by atoms with Crippen molar-refractivity contribution in [2.24, 2.45) is 0 Å². The van der Waals surface area contributed by atoms with Crippen LogP contribution in [-0.4, -0.2) is 22.1 Å². The van der Waals surface area contributed by atoms with E-state index in [1.54, 1.807) is 49.6 Å². The highest BCUT2D eigenvalue weighted by Gasteiger charge is 2.20. The number of hydrogen-bond acceptors (Lipinski definition) is 7. The summed E-state index contributed by atoms with van der Waals surface area (Å²) in [5.74, 6) is 0.662. The number of carbonyl (C=O) groups is 1. The first-order valence-electron chi connectivity index (χ1n) is 8.37. The Morgan fingerprint density at radius 2 is 2.00 bits per heavy atom. The van der Waals surface area contributed by atoms with Crippen LogP contribution in [0, 0.1) is 6.92 Å². The standard InChI is InChI=1S/C20H15N3O4S/c1-11-17(20(28-2)23-18(21-11)15-4-3-9-26-15)19(25)22-13-6-7-14-12(10-13)5-8-16(24)27-14/h3-10H,1-2H3,(H,22,25). The van der Waals surface area contributed by atoms with Gasteiger partial charge in [-0.15, -0.1) is 11.8 Å². The van der Waals surface area contributed by atoms with Crippen LogP contribution in [0.25, 0.3) is 22.6 Å². The number of carbonyl (C=O) groups excluding carboxylic acids is 1. The van der Waals surface area contributed by atoms with Crippen LogP contribution in [0.2, 0.25) is 0 Å². The van der Waals surface area contributed by atoms with Gasteiger partial charge >= 0.3 is 5.63 Å². The van der Waals surface area contributed by atoms with E-state index in [1.165, 1.54) is 17.8 Å². The van der Waals surface area contributed by atoms with Crippen LogP contribution < -0.4 is 10.9 Å². The second-order valence-electron chi connectivity index (χ2n) is 5.96. The molecule has 4 rings (SSSR count). The zero-order valence-electron chi connectivity index (χ0n) is 15.1. The van der Waals surface area contributed by atoms with Crippen LogP contribution >= 0.6 is 11.8 Å². The van der Waals surface area contributed by atoms with Gasteiger partial charge in [0.15, 0.2) is 11.6 Å². The van der Waals surface area contributed by atoms with E-state index in [0.717, 1.165) is 0 Å². The molecular formula is C20H15N3O4S. The third-order valence-corrected chi connectivity index (χ3v) is 4.78. The Labute approximate surface area is 163 Å². The van der Waals surface area contributed by atoms with Crippen molar-refractivity contribution in [3.05, 3.63) is 70.4 Å². The summed E-state index contributed by atoms with van der Waals surface area (Å²) in [6.45, 7) is 1.76. The van der Waals surface area contributed by atoms with Crippen LogP contribution in [0.5, 0.6) is 0 Å². The lowest BCUT2D eigenvalue weighted by Crippen LogP contribution is -2.17. The molecule has 0 saturated heterocycles. The predicted octanol–water partition coefficient (Wildman–Crippen LogP) is 4.13. The molecule has 3 aromatic heterocycles. The van der Waals surface area contributed by atoms with Crippen LogP contribution in [0.1, 0.15) is 16.1 Å². The molecule has 140 valence electrons. The number of amides is 1. The molecule has 0 radical (unpaired) electrons. The zero-order chi connectivity index (χ0) is 19.7. The van der Waals surface area contributed by atoms with E-state index in [-0.39, 0.29) is 5.91 Å². The molecule has 3 heterocycles. The van der Waals surface area contributed by atoms with Gasteiger partial charge in [-0.3, -0.25) is 4.79 Å². The molecule has 0 aliphatic rings. The van der Waals surface area contributed by atoms with Crippen LogP contribution in [0.15, 0.2) is 67.4 Å². The highest BCUT2D eigenvalue weighted by atomic mass is 32.2. The number of benzene rings is 1. The second-order valence-corrected chi connectivity index (χ2v) is 6.75. The van der Waals surface area contributed by atoms with Crippen molar-refractivity contribution in [3.8, 4) is 11.6 Å². The summed E-state index contributed by atoms with van der Waals surface area (Å²) in [5.41, 5.74) is 1.57. The summed E-state index contributed by atoms with van der Waals surface area (Å²) in [6, 6.07) is 11.6. The smallest absolute Gasteiger partial charge is 0.336 e. The van der Waals surface area contributed by atoms with E-state index in [1.807, 2.05) is 6.26 Å². The first kappa shape index (κ1) is 18.0. The number of hydrogen-bond donors (Lipinski definition) is 1. The molecule has 1 amide bonds. The van der Waals surface area contributed by atoms with E-state index >= 15 is 0 Å². The Morgan fingerprint density at radius 1 is 1.14 bits per heavy atom. The number of nitrogens with one attached hydrogen (secondary N) is 1. The van der Waals surface area contributed by atoms with Gasteiger partial charge < -0.3 is 14.2 Å². The van der Waals surface area contributed by atoms with E-state index in [0.29, 0.717) is 44.5 Å². The molecule has 0 bridgehead atoms. The molecule has 0 fully saturated rings. The molecule has 7 nitrogen and oxygen atoms in total.